The Morgan fingerprint density at radius 3 is 2.46 bits per heavy atom. The molecule has 6 heteroatoms. The SMILES string of the molecule is CCCN1CN(Cc2ccc(Cl)cc2)C=C2C1=NC(N(CC)CC)N2C. The first-order valence-corrected chi connectivity index (χ1v) is 9.95. The van der Waals surface area contributed by atoms with Crippen LogP contribution in [0.5, 0.6) is 0 Å². The maximum Gasteiger partial charge on any atom is 0.181 e. The van der Waals surface area contributed by atoms with Gasteiger partial charge in [-0.05, 0) is 37.2 Å². The van der Waals surface area contributed by atoms with Crippen molar-refractivity contribution in [3.8, 4) is 0 Å². The number of rotatable bonds is 7. The molecule has 1 atom stereocenters. The highest BCUT2D eigenvalue weighted by Gasteiger charge is 2.36. The van der Waals surface area contributed by atoms with Crippen molar-refractivity contribution < 1.29 is 0 Å². The fraction of sp³-hybridized carbons (Fsp3) is 0.550. The molecule has 0 radical (unpaired) electrons. The number of hydrogen-bond acceptors (Lipinski definition) is 5. The zero-order chi connectivity index (χ0) is 18.7. The number of hydrogen-bond donors (Lipinski definition) is 0. The van der Waals surface area contributed by atoms with Gasteiger partial charge in [0, 0.05) is 31.4 Å². The van der Waals surface area contributed by atoms with E-state index in [-0.39, 0.29) is 6.29 Å². The number of amidine groups is 1. The molecule has 1 unspecified atom stereocenters. The zero-order valence-corrected chi connectivity index (χ0v) is 17.1. The summed E-state index contributed by atoms with van der Waals surface area (Å²) in [5.41, 5.74) is 2.49. The number of benzene rings is 1. The molecule has 0 spiro atoms. The summed E-state index contributed by atoms with van der Waals surface area (Å²) in [6, 6.07) is 8.13. The lowest BCUT2D eigenvalue weighted by Crippen LogP contribution is -2.46. The van der Waals surface area contributed by atoms with E-state index in [1.165, 1.54) is 11.3 Å². The molecular weight excluding hydrogens is 346 g/mol. The molecule has 0 aromatic heterocycles. The summed E-state index contributed by atoms with van der Waals surface area (Å²) in [7, 11) is 2.15. The quantitative estimate of drug-likeness (QED) is 0.726. The molecule has 0 N–H and O–H groups in total. The van der Waals surface area contributed by atoms with Gasteiger partial charge in [0.15, 0.2) is 12.1 Å². The molecule has 2 heterocycles. The van der Waals surface area contributed by atoms with E-state index in [2.05, 4.69) is 65.8 Å². The van der Waals surface area contributed by atoms with Gasteiger partial charge in [-0.3, -0.25) is 4.90 Å². The highest BCUT2D eigenvalue weighted by atomic mass is 35.5. The standard InChI is InChI=1S/C20H30ClN5/c1-5-12-26-15-24(13-16-8-10-17(21)11-9-16)14-18-19(26)22-20(23(18)4)25(6-2)7-3/h8-11,14,20H,5-7,12-13,15H2,1-4H3. The lowest BCUT2D eigenvalue weighted by molar-refractivity contribution is 0.114. The summed E-state index contributed by atoms with van der Waals surface area (Å²) < 4.78 is 0. The molecule has 142 valence electrons. The Bertz CT molecular complexity index is 665. The molecule has 0 fully saturated rings. The molecule has 1 aromatic carbocycles. The van der Waals surface area contributed by atoms with Gasteiger partial charge in [0.1, 0.15) is 0 Å². The van der Waals surface area contributed by atoms with E-state index < -0.39 is 0 Å². The number of fused-ring (bicyclic) bond motifs is 1. The molecule has 0 bridgehead atoms. The van der Waals surface area contributed by atoms with Crippen LogP contribution < -0.4 is 0 Å². The molecule has 0 amide bonds. The first kappa shape index (κ1) is 19.1. The number of nitrogens with zero attached hydrogens (tertiary/aromatic N) is 5. The first-order valence-electron chi connectivity index (χ1n) is 9.57. The summed E-state index contributed by atoms with van der Waals surface area (Å²) in [6.45, 7) is 11.4. The van der Waals surface area contributed by atoms with Gasteiger partial charge in [0.25, 0.3) is 0 Å². The van der Waals surface area contributed by atoms with Crippen LogP contribution in [0.1, 0.15) is 32.8 Å². The van der Waals surface area contributed by atoms with Crippen molar-refractivity contribution in [2.45, 2.75) is 40.0 Å². The molecule has 3 rings (SSSR count). The molecule has 2 aliphatic rings. The number of likely N-dealkylation sites (N-methyl/N-ethyl adjacent to an activating group) is 1. The first-order chi connectivity index (χ1) is 12.6. The Morgan fingerprint density at radius 2 is 1.85 bits per heavy atom. The molecule has 0 saturated heterocycles. The van der Waals surface area contributed by atoms with Crippen molar-refractivity contribution in [1.29, 1.82) is 0 Å². The molecule has 0 aliphatic carbocycles. The second-order valence-electron chi connectivity index (χ2n) is 6.92. The molecule has 1 aromatic rings. The van der Waals surface area contributed by atoms with E-state index in [1.54, 1.807) is 0 Å². The van der Waals surface area contributed by atoms with Crippen molar-refractivity contribution in [3.05, 3.63) is 46.7 Å². The number of aliphatic imine (C=N–C) groups is 1. The predicted molar refractivity (Wildman–Crippen MR) is 109 cm³/mol. The minimum atomic E-state index is 0.0982. The highest BCUT2D eigenvalue weighted by Crippen LogP contribution is 2.28. The summed E-state index contributed by atoms with van der Waals surface area (Å²) >= 11 is 6.02. The smallest absolute Gasteiger partial charge is 0.181 e. The summed E-state index contributed by atoms with van der Waals surface area (Å²) in [5.74, 6) is 1.14. The van der Waals surface area contributed by atoms with Crippen LogP contribution in [0.25, 0.3) is 0 Å². The molecular formula is C20H30ClN5. The second-order valence-corrected chi connectivity index (χ2v) is 7.36. The Morgan fingerprint density at radius 1 is 1.15 bits per heavy atom. The summed E-state index contributed by atoms with van der Waals surface area (Å²) in [6.07, 6.45) is 3.48. The van der Waals surface area contributed by atoms with Crippen molar-refractivity contribution in [2.75, 3.05) is 33.4 Å². The fourth-order valence-corrected chi connectivity index (χ4v) is 3.81. The molecule has 26 heavy (non-hydrogen) atoms. The average Bonchev–Trinajstić information content (AvgIpc) is 2.96. The van der Waals surface area contributed by atoms with Crippen LogP contribution in [0, 0.1) is 0 Å². The van der Waals surface area contributed by atoms with E-state index >= 15 is 0 Å². The van der Waals surface area contributed by atoms with Crippen molar-refractivity contribution in [2.24, 2.45) is 4.99 Å². The van der Waals surface area contributed by atoms with E-state index in [1.807, 2.05) is 12.1 Å². The van der Waals surface area contributed by atoms with Crippen LogP contribution in [-0.2, 0) is 6.54 Å². The van der Waals surface area contributed by atoms with Crippen LogP contribution >= 0.6 is 11.6 Å². The monoisotopic (exact) mass is 375 g/mol. The highest BCUT2D eigenvalue weighted by molar-refractivity contribution is 6.30. The fourth-order valence-electron chi connectivity index (χ4n) is 3.68. The topological polar surface area (TPSA) is 25.3 Å². The van der Waals surface area contributed by atoms with Gasteiger partial charge in [0.2, 0.25) is 0 Å². The normalized spacial score (nSPS) is 19.8. The van der Waals surface area contributed by atoms with Gasteiger partial charge in [-0.15, -0.1) is 0 Å². The van der Waals surface area contributed by atoms with E-state index in [0.29, 0.717) is 0 Å². The Labute approximate surface area is 162 Å². The van der Waals surface area contributed by atoms with Gasteiger partial charge in [0.05, 0.1) is 12.4 Å². The maximum absolute atomic E-state index is 6.02. The van der Waals surface area contributed by atoms with Gasteiger partial charge in [-0.2, -0.15) is 0 Å². The summed E-state index contributed by atoms with van der Waals surface area (Å²) in [5, 5.41) is 0.783. The molecule has 2 aliphatic heterocycles. The van der Waals surface area contributed by atoms with Crippen molar-refractivity contribution >= 4 is 17.4 Å². The minimum Gasteiger partial charge on any atom is -0.354 e. The average molecular weight is 376 g/mol. The molecule has 0 saturated carbocycles. The van der Waals surface area contributed by atoms with Gasteiger partial charge < -0.3 is 14.7 Å². The van der Waals surface area contributed by atoms with Gasteiger partial charge in [-0.25, -0.2) is 4.99 Å². The lowest BCUT2D eigenvalue weighted by atomic mass is 10.2. The van der Waals surface area contributed by atoms with Crippen LogP contribution in [0.15, 0.2) is 41.2 Å². The third-order valence-corrected chi connectivity index (χ3v) is 5.33. The van der Waals surface area contributed by atoms with Crippen LogP contribution in [-0.4, -0.2) is 65.1 Å². The largest absolute Gasteiger partial charge is 0.354 e. The maximum atomic E-state index is 6.02. The zero-order valence-electron chi connectivity index (χ0n) is 16.3. The van der Waals surface area contributed by atoms with Gasteiger partial charge >= 0.3 is 0 Å². The second kappa shape index (κ2) is 8.31. The Balaban J connectivity index is 1.85. The van der Waals surface area contributed by atoms with Crippen molar-refractivity contribution in [1.82, 2.24) is 19.6 Å². The minimum absolute atomic E-state index is 0.0982. The van der Waals surface area contributed by atoms with E-state index in [0.717, 1.165) is 50.1 Å². The third kappa shape index (κ3) is 3.84. The molecule has 5 nitrogen and oxygen atoms in total. The van der Waals surface area contributed by atoms with Crippen LogP contribution in [0.2, 0.25) is 5.02 Å². The lowest BCUT2D eigenvalue weighted by Gasteiger charge is -2.37. The predicted octanol–water partition coefficient (Wildman–Crippen LogP) is 3.64. The van der Waals surface area contributed by atoms with Gasteiger partial charge in [-0.1, -0.05) is 44.5 Å². The van der Waals surface area contributed by atoms with E-state index in [9.17, 15) is 0 Å². The van der Waals surface area contributed by atoms with Crippen LogP contribution in [0.3, 0.4) is 0 Å². The Kier molecular flexibility index (Phi) is 6.09. The third-order valence-electron chi connectivity index (χ3n) is 5.08. The summed E-state index contributed by atoms with van der Waals surface area (Å²) in [4.78, 5) is 14.5. The van der Waals surface area contributed by atoms with Crippen LogP contribution in [0.4, 0.5) is 0 Å². The van der Waals surface area contributed by atoms with E-state index in [4.69, 9.17) is 16.6 Å². The Hall–Kier alpha value is -1.72. The van der Waals surface area contributed by atoms with Crippen molar-refractivity contribution in [3.63, 3.8) is 0 Å². The number of halogens is 1.